The lowest BCUT2D eigenvalue weighted by molar-refractivity contribution is 0.272. The van der Waals surface area contributed by atoms with Crippen LogP contribution in [0.2, 0.25) is 0 Å². The molecule has 1 saturated heterocycles. The second-order valence-corrected chi connectivity index (χ2v) is 8.62. The summed E-state index contributed by atoms with van der Waals surface area (Å²) in [5.41, 5.74) is 2.92. The lowest BCUT2D eigenvalue weighted by Gasteiger charge is -2.42. The van der Waals surface area contributed by atoms with E-state index >= 15 is 0 Å². The predicted molar refractivity (Wildman–Crippen MR) is 109 cm³/mol. The van der Waals surface area contributed by atoms with E-state index in [1.165, 1.54) is 0 Å². The van der Waals surface area contributed by atoms with Crippen molar-refractivity contribution in [3.05, 3.63) is 57.2 Å². The molecule has 2 bridgehead atoms. The van der Waals surface area contributed by atoms with E-state index < -0.39 is 0 Å². The summed E-state index contributed by atoms with van der Waals surface area (Å²) >= 11 is 0. The van der Waals surface area contributed by atoms with E-state index in [0.29, 0.717) is 36.8 Å². The molecule has 1 fully saturated rings. The highest BCUT2D eigenvalue weighted by Gasteiger charge is 2.36. The second-order valence-electron chi connectivity index (χ2n) is 8.62. The van der Waals surface area contributed by atoms with Crippen LogP contribution in [0.1, 0.15) is 40.9 Å². The van der Waals surface area contributed by atoms with Crippen molar-refractivity contribution in [1.29, 1.82) is 0 Å². The summed E-state index contributed by atoms with van der Waals surface area (Å²) in [6.45, 7) is 7.29. The van der Waals surface area contributed by atoms with Crippen LogP contribution >= 0.6 is 0 Å². The van der Waals surface area contributed by atoms with E-state index in [2.05, 4.69) is 31.2 Å². The van der Waals surface area contributed by atoms with E-state index in [1.807, 2.05) is 30.7 Å². The van der Waals surface area contributed by atoms with E-state index in [0.717, 1.165) is 48.8 Å². The van der Waals surface area contributed by atoms with Crippen LogP contribution in [0.3, 0.4) is 0 Å². The van der Waals surface area contributed by atoms with Crippen molar-refractivity contribution < 1.29 is 9.05 Å². The first-order chi connectivity index (χ1) is 14.5. The summed E-state index contributed by atoms with van der Waals surface area (Å²) in [5.74, 6) is 2.72. The van der Waals surface area contributed by atoms with Gasteiger partial charge in [0, 0.05) is 62.9 Å². The lowest BCUT2D eigenvalue weighted by Crippen LogP contribution is -2.48. The number of aryl methyl sites for hydroxylation is 2. The Kier molecular flexibility index (Phi) is 4.69. The zero-order valence-electron chi connectivity index (χ0n) is 17.5. The summed E-state index contributed by atoms with van der Waals surface area (Å²) < 4.78 is 12.3. The Morgan fingerprint density at radius 1 is 1.13 bits per heavy atom. The lowest BCUT2D eigenvalue weighted by atomic mass is 9.83. The van der Waals surface area contributed by atoms with Gasteiger partial charge >= 0.3 is 0 Å². The number of nitrogens with zero attached hydrogens (tertiary/aromatic N) is 6. The largest absolute Gasteiger partial charge is 0.361 e. The fourth-order valence-corrected chi connectivity index (χ4v) is 4.81. The van der Waals surface area contributed by atoms with Gasteiger partial charge in [0.05, 0.1) is 5.69 Å². The average Bonchev–Trinajstić information content (AvgIpc) is 3.32. The number of anilines is 1. The number of piperidine rings is 1. The molecule has 0 unspecified atom stereocenters. The molecule has 0 radical (unpaired) electrons. The Hall–Kier alpha value is -2.94. The normalized spacial score (nSPS) is 20.6. The summed E-state index contributed by atoms with van der Waals surface area (Å²) in [6, 6.07) is 6.03. The minimum atomic E-state index is 0.120. The van der Waals surface area contributed by atoms with Crippen molar-refractivity contribution in [2.75, 3.05) is 25.0 Å². The number of aromatic nitrogens is 4. The smallest absolute Gasteiger partial charge is 0.266 e. The van der Waals surface area contributed by atoms with Gasteiger partial charge in [-0.15, -0.1) is 0 Å². The topological polar surface area (TPSA) is 93.4 Å². The predicted octanol–water partition coefficient (Wildman–Crippen LogP) is 2.09. The van der Waals surface area contributed by atoms with Crippen molar-refractivity contribution in [3.8, 4) is 0 Å². The SMILES string of the molecule is Cc1cc(CN(C)Cc2ccc3n(c2=O)C[C@H]2C[C@@H]3CN(c3noc(C)n3)C2)no1. The summed E-state index contributed by atoms with van der Waals surface area (Å²) in [5, 5.41) is 8.12. The number of fused-ring (bicyclic) bond motifs is 4. The maximum absolute atomic E-state index is 13.2. The van der Waals surface area contributed by atoms with Gasteiger partial charge in [-0.2, -0.15) is 4.98 Å². The van der Waals surface area contributed by atoms with Crippen molar-refractivity contribution >= 4 is 5.95 Å². The fourth-order valence-electron chi connectivity index (χ4n) is 4.81. The van der Waals surface area contributed by atoms with Crippen LogP contribution in [0.5, 0.6) is 0 Å². The van der Waals surface area contributed by atoms with E-state index in [1.54, 1.807) is 6.92 Å². The molecule has 2 aliphatic rings. The van der Waals surface area contributed by atoms with Crippen molar-refractivity contribution in [1.82, 2.24) is 24.8 Å². The van der Waals surface area contributed by atoms with Gasteiger partial charge in [-0.25, -0.2) is 0 Å². The quantitative estimate of drug-likeness (QED) is 0.631. The van der Waals surface area contributed by atoms with Gasteiger partial charge in [-0.1, -0.05) is 11.2 Å². The minimum absolute atomic E-state index is 0.120. The van der Waals surface area contributed by atoms with Gasteiger partial charge in [-0.3, -0.25) is 9.69 Å². The van der Waals surface area contributed by atoms with Crippen LogP contribution in [-0.4, -0.2) is 44.9 Å². The molecule has 0 amide bonds. The van der Waals surface area contributed by atoms with Crippen LogP contribution in [0.15, 0.2) is 32.0 Å². The van der Waals surface area contributed by atoms with Gasteiger partial charge in [0.2, 0.25) is 5.89 Å². The molecular weight excluding hydrogens is 384 g/mol. The maximum Gasteiger partial charge on any atom is 0.266 e. The number of rotatable bonds is 5. The highest BCUT2D eigenvalue weighted by atomic mass is 16.5. The third kappa shape index (κ3) is 3.54. The fraction of sp³-hybridized carbons (Fsp3) is 0.524. The Balaban J connectivity index is 1.35. The molecule has 0 spiro atoms. The molecule has 3 aromatic rings. The van der Waals surface area contributed by atoms with Gasteiger partial charge < -0.3 is 18.5 Å². The van der Waals surface area contributed by atoms with Crippen molar-refractivity contribution in [3.63, 3.8) is 0 Å². The Morgan fingerprint density at radius 3 is 2.73 bits per heavy atom. The first kappa shape index (κ1) is 19.0. The van der Waals surface area contributed by atoms with E-state index in [4.69, 9.17) is 9.05 Å². The highest BCUT2D eigenvalue weighted by molar-refractivity contribution is 5.33. The second kappa shape index (κ2) is 7.39. The molecule has 2 aliphatic heterocycles. The molecule has 0 saturated carbocycles. The molecule has 3 aromatic heterocycles. The molecule has 0 aromatic carbocycles. The zero-order chi connectivity index (χ0) is 20.8. The van der Waals surface area contributed by atoms with Gasteiger partial charge in [-0.05, 0) is 37.5 Å². The summed E-state index contributed by atoms with van der Waals surface area (Å²) in [4.78, 5) is 21.9. The molecule has 158 valence electrons. The summed E-state index contributed by atoms with van der Waals surface area (Å²) in [7, 11) is 1.99. The molecule has 9 heteroatoms. The van der Waals surface area contributed by atoms with Crippen LogP contribution in [0, 0.1) is 19.8 Å². The molecule has 9 nitrogen and oxygen atoms in total. The third-order valence-corrected chi connectivity index (χ3v) is 6.03. The first-order valence-electron chi connectivity index (χ1n) is 10.3. The van der Waals surface area contributed by atoms with Crippen molar-refractivity contribution in [2.45, 2.75) is 45.8 Å². The van der Waals surface area contributed by atoms with Crippen LogP contribution < -0.4 is 10.5 Å². The molecule has 5 rings (SSSR count). The number of hydrogen-bond acceptors (Lipinski definition) is 8. The van der Waals surface area contributed by atoms with Crippen LogP contribution in [0.4, 0.5) is 5.95 Å². The monoisotopic (exact) mass is 410 g/mol. The molecule has 2 atom stereocenters. The molecular formula is C21H26N6O3. The first-order valence-corrected chi connectivity index (χ1v) is 10.3. The van der Waals surface area contributed by atoms with Gasteiger partial charge in [0.25, 0.3) is 11.5 Å². The molecule has 0 N–H and O–H groups in total. The Bertz CT molecular complexity index is 1120. The van der Waals surface area contributed by atoms with Gasteiger partial charge in [0.1, 0.15) is 5.76 Å². The minimum Gasteiger partial charge on any atom is -0.361 e. The average molecular weight is 410 g/mol. The third-order valence-electron chi connectivity index (χ3n) is 6.03. The Morgan fingerprint density at radius 2 is 2.00 bits per heavy atom. The highest BCUT2D eigenvalue weighted by Crippen LogP contribution is 2.36. The Labute approximate surface area is 174 Å². The van der Waals surface area contributed by atoms with Crippen LogP contribution in [0.25, 0.3) is 0 Å². The number of pyridine rings is 1. The zero-order valence-corrected chi connectivity index (χ0v) is 17.5. The molecule has 0 aliphatic carbocycles. The van der Waals surface area contributed by atoms with Crippen molar-refractivity contribution in [2.24, 2.45) is 5.92 Å². The van der Waals surface area contributed by atoms with E-state index in [9.17, 15) is 4.79 Å². The van der Waals surface area contributed by atoms with Gasteiger partial charge in [0.15, 0.2) is 0 Å². The van der Waals surface area contributed by atoms with Crippen LogP contribution in [-0.2, 0) is 19.6 Å². The molecule has 30 heavy (non-hydrogen) atoms. The molecule has 5 heterocycles. The summed E-state index contributed by atoms with van der Waals surface area (Å²) in [6.07, 6.45) is 1.09. The standard InChI is InChI=1S/C21H26N6O3/c1-13-6-18(23-29-13)12-25(3)10-16-4-5-19-17-7-15(9-27(19)20(16)28)8-26(11-17)21-22-14(2)30-24-21/h4-6,15,17H,7-12H2,1-3H3/t15-,17+/m0/s1. The van der Waals surface area contributed by atoms with E-state index in [-0.39, 0.29) is 5.56 Å². The number of hydrogen-bond donors (Lipinski definition) is 0. The maximum atomic E-state index is 13.2.